The summed E-state index contributed by atoms with van der Waals surface area (Å²) in [6, 6.07) is 0.250. The van der Waals surface area contributed by atoms with Crippen molar-refractivity contribution in [2.45, 2.75) is 39.0 Å². The first-order valence-electron chi connectivity index (χ1n) is 6.23. The number of hydrogen-bond acceptors (Lipinski definition) is 5. The van der Waals surface area contributed by atoms with E-state index in [2.05, 4.69) is 39.2 Å². The van der Waals surface area contributed by atoms with Gasteiger partial charge >= 0.3 is 0 Å². The highest BCUT2D eigenvalue weighted by Crippen LogP contribution is 2.24. The predicted octanol–water partition coefficient (Wildman–Crippen LogP) is 0.779. The van der Waals surface area contributed by atoms with Crippen LogP contribution in [0.1, 0.15) is 32.1 Å². The van der Waals surface area contributed by atoms with E-state index in [4.69, 9.17) is 4.74 Å². The van der Waals surface area contributed by atoms with Crippen LogP contribution in [0.15, 0.2) is 0 Å². The number of anilines is 1. The van der Waals surface area contributed by atoms with E-state index < -0.39 is 0 Å². The van der Waals surface area contributed by atoms with E-state index in [9.17, 15) is 0 Å². The number of rotatable bonds is 5. The first-order valence-corrected chi connectivity index (χ1v) is 6.23. The van der Waals surface area contributed by atoms with Crippen LogP contribution >= 0.6 is 0 Å². The second-order valence-corrected chi connectivity index (χ2v) is 4.21. The Morgan fingerprint density at radius 1 is 1.47 bits per heavy atom. The lowest BCUT2D eigenvalue weighted by atomic mass is 10.2. The van der Waals surface area contributed by atoms with Crippen LogP contribution in [0.3, 0.4) is 0 Å². The Kier molecular flexibility index (Phi) is 3.96. The van der Waals surface area contributed by atoms with Crippen LogP contribution in [0.4, 0.5) is 5.95 Å². The summed E-state index contributed by atoms with van der Waals surface area (Å²) in [7, 11) is 1.75. The van der Waals surface area contributed by atoms with Crippen LogP contribution in [0.5, 0.6) is 0 Å². The molecule has 2 heterocycles. The molecule has 2 N–H and O–H groups in total. The SMILES string of the molecule is CCNc1nnc(C2CC(OC)CN2)n1CC. The van der Waals surface area contributed by atoms with Crippen LogP contribution in [-0.4, -0.2) is 41.1 Å². The van der Waals surface area contributed by atoms with Gasteiger partial charge in [-0.3, -0.25) is 4.57 Å². The van der Waals surface area contributed by atoms with Crippen LogP contribution in [0, 0.1) is 0 Å². The van der Waals surface area contributed by atoms with Crippen molar-refractivity contribution < 1.29 is 4.74 Å². The number of nitrogens with one attached hydrogen (secondary N) is 2. The molecule has 2 unspecified atom stereocenters. The maximum Gasteiger partial charge on any atom is 0.224 e. The van der Waals surface area contributed by atoms with Crippen LogP contribution in [0.25, 0.3) is 0 Å². The fraction of sp³-hybridized carbons (Fsp3) is 0.818. The molecule has 1 saturated heterocycles. The third-order valence-electron chi connectivity index (χ3n) is 3.17. The Morgan fingerprint density at radius 3 is 2.88 bits per heavy atom. The fourth-order valence-electron chi connectivity index (χ4n) is 2.25. The van der Waals surface area contributed by atoms with Gasteiger partial charge in [-0.25, -0.2) is 0 Å². The molecule has 1 aromatic rings. The van der Waals surface area contributed by atoms with E-state index >= 15 is 0 Å². The lowest BCUT2D eigenvalue weighted by Crippen LogP contribution is -2.19. The Hall–Kier alpha value is -1.14. The van der Waals surface area contributed by atoms with Gasteiger partial charge in [-0.2, -0.15) is 0 Å². The summed E-state index contributed by atoms with van der Waals surface area (Å²) in [6.45, 7) is 6.78. The van der Waals surface area contributed by atoms with Gasteiger partial charge in [-0.15, -0.1) is 10.2 Å². The zero-order chi connectivity index (χ0) is 12.3. The smallest absolute Gasteiger partial charge is 0.224 e. The Bertz CT molecular complexity index is 365. The van der Waals surface area contributed by atoms with Crippen molar-refractivity contribution in [2.75, 3.05) is 25.5 Å². The highest BCUT2D eigenvalue weighted by Gasteiger charge is 2.29. The molecule has 0 aliphatic carbocycles. The summed E-state index contributed by atoms with van der Waals surface area (Å²) >= 11 is 0. The van der Waals surface area contributed by atoms with Crippen LogP contribution in [0.2, 0.25) is 0 Å². The molecular weight excluding hydrogens is 218 g/mol. The van der Waals surface area contributed by atoms with Gasteiger partial charge in [0.1, 0.15) is 0 Å². The zero-order valence-electron chi connectivity index (χ0n) is 10.7. The molecule has 96 valence electrons. The van der Waals surface area contributed by atoms with Crippen molar-refractivity contribution in [1.82, 2.24) is 20.1 Å². The number of ether oxygens (including phenoxy) is 1. The van der Waals surface area contributed by atoms with E-state index in [1.54, 1.807) is 7.11 Å². The summed E-state index contributed by atoms with van der Waals surface area (Å²) in [5.41, 5.74) is 0. The maximum absolute atomic E-state index is 5.36. The van der Waals surface area contributed by atoms with Crippen molar-refractivity contribution in [1.29, 1.82) is 0 Å². The second-order valence-electron chi connectivity index (χ2n) is 4.21. The molecule has 0 aromatic carbocycles. The van der Waals surface area contributed by atoms with E-state index in [0.29, 0.717) is 0 Å². The van der Waals surface area contributed by atoms with Gasteiger partial charge in [0.2, 0.25) is 5.95 Å². The minimum Gasteiger partial charge on any atom is -0.380 e. The first kappa shape index (κ1) is 12.3. The van der Waals surface area contributed by atoms with Gasteiger partial charge in [0, 0.05) is 26.7 Å². The van der Waals surface area contributed by atoms with E-state index in [1.165, 1.54) is 0 Å². The van der Waals surface area contributed by atoms with Gasteiger partial charge < -0.3 is 15.4 Å². The largest absolute Gasteiger partial charge is 0.380 e. The number of hydrogen-bond donors (Lipinski definition) is 2. The van der Waals surface area contributed by atoms with Crippen LogP contribution in [-0.2, 0) is 11.3 Å². The maximum atomic E-state index is 5.36. The molecule has 0 amide bonds. The van der Waals surface area contributed by atoms with Gasteiger partial charge in [-0.05, 0) is 20.3 Å². The highest BCUT2D eigenvalue weighted by atomic mass is 16.5. The molecule has 2 atom stereocenters. The summed E-state index contributed by atoms with van der Waals surface area (Å²) in [4.78, 5) is 0. The molecule has 6 nitrogen and oxygen atoms in total. The topological polar surface area (TPSA) is 64.0 Å². The molecule has 0 bridgehead atoms. The van der Waals surface area contributed by atoms with Crippen molar-refractivity contribution >= 4 is 5.95 Å². The van der Waals surface area contributed by atoms with Crippen molar-refractivity contribution in [3.05, 3.63) is 5.82 Å². The lowest BCUT2D eigenvalue weighted by molar-refractivity contribution is 0.117. The second kappa shape index (κ2) is 5.46. The first-order chi connectivity index (χ1) is 8.30. The van der Waals surface area contributed by atoms with E-state index in [-0.39, 0.29) is 12.1 Å². The quantitative estimate of drug-likeness (QED) is 0.795. The molecule has 0 radical (unpaired) electrons. The number of aromatic nitrogens is 3. The fourth-order valence-corrected chi connectivity index (χ4v) is 2.25. The van der Waals surface area contributed by atoms with Crippen molar-refractivity contribution in [3.8, 4) is 0 Å². The van der Waals surface area contributed by atoms with Gasteiger partial charge in [0.25, 0.3) is 0 Å². The predicted molar refractivity (Wildman–Crippen MR) is 66.0 cm³/mol. The van der Waals surface area contributed by atoms with Gasteiger partial charge in [-0.1, -0.05) is 0 Å². The molecule has 1 aliphatic heterocycles. The summed E-state index contributed by atoms with van der Waals surface area (Å²) in [6.07, 6.45) is 1.24. The third kappa shape index (κ3) is 2.42. The van der Waals surface area contributed by atoms with Crippen molar-refractivity contribution in [3.63, 3.8) is 0 Å². The molecule has 1 fully saturated rings. The van der Waals surface area contributed by atoms with E-state index in [0.717, 1.165) is 37.8 Å². The zero-order valence-corrected chi connectivity index (χ0v) is 10.7. The molecule has 0 spiro atoms. The highest BCUT2D eigenvalue weighted by molar-refractivity contribution is 5.26. The molecule has 0 saturated carbocycles. The monoisotopic (exact) mass is 239 g/mol. The normalized spacial score (nSPS) is 24.2. The number of methoxy groups -OCH3 is 1. The summed E-state index contributed by atoms with van der Waals surface area (Å²) in [5.74, 6) is 1.86. The van der Waals surface area contributed by atoms with Crippen molar-refractivity contribution in [2.24, 2.45) is 0 Å². The Labute approximate surface area is 102 Å². The Balaban J connectivity index is 2.15. The molecule has 1 aromatic heterocycles. The average Bonchev–Trinajstić information content (AvgIpc) is 2.94. The molecule has 2 rings (SSSR count). The average molecular weight is 239 g/mol. The molecule has 17 heavy (non-hydrogen) atoms. The standard InChI is InChI=1S/C11H21N5O/c1-4-12-11-15-14-10(16(11)5-2)9-6-8(17-3)7-13-9/h8-9,13H,4-7H2,1-3H3,(H,12,15). The lowest BCUT2D eigenvalue weighted by Gasteiger charge is -2.12. The summed E-state index contributed by atoms with van der Waals surface area (Å²) in [5, 5.41) is 15.1. The summed E-state index contributed by atoms with van der Waals surface area (Å²) < 4.78 is 7.48. The number of nitrogens with zero attached hydrogens (tertiary/aromatic N) is 3. The van der Waals surface area contributed by atoms with Gasteiger partial charge in [0.15, 0.2) is 5.82 Å². The minimum atomic E-state index is 0.250. The van der Waals surface area contributed by atoms with E-state index in [1.807, 2.05) is 0 Å². The molecule has 6 heteroatoms. The van der Waals surface area contributed by atoms with Gasteiger partial charge in [0.05, 0.1) is 12.1 Å². The third-order valence-corrected chi connectivity index (χ3v) is 3.17. The van der Waals surface area contributed by atoms with Crippen LogP contribution < -0.4 is 10.6 Å². The Morgan fingerprint density at radius 2 is 2.29 bits per heavy atom. The molecular formula is C11H21N5O. The minimum absolute atomic E-state index is 0.250. The molecule has 1 aliphatic rings.